The number of anilines is 1. The highest BCUT2D eigenvalue weighted by atomic mass is 32.1. The van der Waals surface area contributed by atoms with Crippen molar-refractivity contribution in [2.75, 3.05) is 5.32 Å². The van der Waals surface area contributed by atoms with E-state index in [4.69, 9.17) is 0 Å². The Balaban J connectivity index is 1.74. The SMILES string of the molecule is CC1(C)Cc2c(sc(NC(=O)C(c3ccccc3)c3ccccc3)c2C#N)C(C)(C)N1. The summed E-state index contributed by atoms with van der Waals surface area (Å²) in [5, 5.41) is 17.4. The van der Waals surface area contributed by atoms with Crippen LogP contribution in [0.4, 0.5) is 5.00 Å². The van der Waals surface area contributed by atoms with Gasteiger partial charge in [-0.3, -0.25) is 4.79 Å². The summed E-state index contributed by atoms with van der Waals surface area (Å²) in [5.41, 5.74) is 3.10. The number of thiophene rings is 1. The van der Waals surface area contributed by atoms with Crippen molar-refractivity contribution < 1.29 is 4.79 Å². The Labute approximate surface area is 187 Å². The van der Waals surface area contributed by atoms with E-state index < -0.39 is 5.92 Å². The van der Waals surface area contributed by atoms with Gasteiger partial charge in [0.05, 0.1) is 11.5 Å². The molecule has 31 heavy (non-hydrogen) atoms. The molecule has 158 valence electrons. The smallest absolute Gasteiger partial charge is 0.237 e. The zero-order valence-corrected chi connectivity index (χ0v) is 19.1. The van der Waals surface area contributed by atoms with Gasteiger partial charge in [0.25, 0.3) is 0 Å². The lowest BCUT2D eigenvalue weighted by atomic mass is 9.81. The van der Waals surface area contributed by atoms with Crippen molar-refractivity contribution >= 4 is 22.2 Å². The number of amides is 1. The molecule has 0 fully saturated rings. The largest absolute Gasteiger partial charge is 0.316 e. The Kier molecular flexibility index (Phi) is 5.47. The molecule has 4 nitrogen and oxygen atoms in total. The van der Waals surface area contributed by atoms with Crippen molar-refractivity contribution in [3.8, 4) is 6.07 Å². The van der Waals surface area contributed by atoms with E-state index in [1.165, 1.54) is 11.3 Å². The Morgan fingerprint density at radius 3 is 2.10 bits per heavy atom. The third kappa shape index (κ3) is 4.14. The lowest BCUT2D eigenvalue weighted by Gasteiger charge is -2.42. The molecule has 1 aromatic heterocycles. The van der Waals surface area contributed by atoms with Gasteiger partial charge in [0.2, 0.25) is 5.91 Å². The standard InChI is InChI=1S/C26H27N3OS/c1-25(2)15-19-20(16-27)24(31-22(19)26(3,4)29-25)28-23(30)21(17-11-7-5-8-12-17)18-13-9-6-10-14-18/h5-14,21,29H,15H2,1-4H3,(H,28,30). The van der Waals surface area contributed by atoms with Gasteiger partial charge in [-0.05, 0) is 50.8 Å². The van der Waals surface area contributed by atoms with Crippen LogP contribution in [0.5, 0.6) is 0 Å². The van der Waals surface area contributed by atoms with E-state index in [-0.39, 0.29) is 17.0 Å². The fourth-order valence-corrected chi connectivity index (χ4v) is 5.93. The van der Waals surface area contributed by atoms with Gasteiger partial charge in [0, 0.05) is 16.0 Å². The normalized spacial score (nSPS) is 16.4. The molecule has 2 heterocycles. The van der Waals surface area contributed by atoms with Crippen LogP contribution in [-0.4, -0.2) is 11.4 Å². The maximum Gasteiger partial charge on any atom is 0.237 e. The van der Waals surface area contributed by atoms with Crippen LogP contribution in [0.25, 0.3) is 0 Å². The molecule has 0 atom stereocenters. The zero-order chi connectivity index (χ0) is 22.2. The molecule has 1 aliphatic heterocycles. The topological polar surface area (TPSA) is 64.9 Å². The zero-order valence-electron chi connectivity index (χ0n) is 18.3. The molecule has 3 aromatic rings. The van der Waals surface area contributed by atoms with Gasteiger partial charge in [0.15, 0.2) is 0 Å². The van der Waals surface area contributed by atoms with Gasteiger partial charge in [-0.2, -0.15) is 5.26 Å². The number of carbonyl (C=O) groups excluding carboxylic acids is 1. The van der Waals surface area contributed by atoms with E-state index in [0.717, 1.165) is 28.0 Å². The van der Waals surface area contributed by atoms with Crippen LogP contribution in [0.2, 0.25) is 0 Å². The van der Waals surface area contributed by atoms with Gasteiger partial charge in [-0.15, -0.1) is 11.3 Å². The summed E-state index contributed by atoms with van der Waals surface area (Å²) in [7, 11) is 0. The van der Waals surface area contributed by atoms with Crippen LogP contribution >= 0.6 is 11.3 Å². The summed E-state index contributed by atoms with van der Waals surface area (Å²) in [6, 6.07) is 21.9. The van der Waals surface area contributed by atoms with Gasteiger partial charge in [-0.1, -0.05) is 60.7 Å². The quantitative estimate of drug-likeness (QED) is 0.571. The highest BCUT2D eigenvalue weighted by Gasteiger charge is 2.40. The number of benzene rings is 2. The maximum absolute atomic E-state index is 13.6. The number of carbonyl (C=O) groups is 1. The Hall–Kier alpha value is -2.94. The van der Waals surface area contributed by atoms with Gasteiger partial charge < -0.3 is 10.6 Å². The van der Waals surface area contributed by atoms with Crippen LogP contribution in [0.3, 0.4) is 0 Å². The molecule has 0 saturated heterocycles. The van der Waals surface area contributed by atoms with Gasteiger partial charge >= 0.3 is 0 Å². The van der Waals surface area contributed by atoms with Crippen LogP contribution < -0.4 is 10.6 Å². The summed E-state index contributed by atoms with van der Waals surface area (Å²) in [6.45, 7) is 8.56. The molecule has 2 aromatic carbocycles. The minimum Gasteiger partial charge on any atom is -0.316 e. The molecule has 0 bridgehead atoms. The maximum atomic E-state index is 13.6. The fourth-order valence-electron chi connectivity index (χ4n) is 4.70. The summed E-state index contributed by atoms with van der Waals surface area (Å²) in [4.78, 5) is 14.7. The fraction of sp³-hybridized carbons (Fsp3) is 0.308. The number of nitriles is 1. The van der Waals surface area contributed by atoms with Crippen molar-refractivity contribution in [3.05, 3.63) is 87.8 Å². The second kappa shape index (κ2) is 7.96. The summed E-state index contributed by atoms with van der Waals surface area (Å²) < 4.78 is 0. The first-order chi connectivity index (χ1) is 14.7. The molecular formula is C26H27N3OS. The number of fused-ring (bicyclic) bond motifs is 1. The van der Waals surface area contributed by atoms with Crippen molar-refractivity contribution in [3.63, 3.8) is 0 Å². The molecule has 1 amide bonds. The van der Waals surface area contributed by atoms with E-state index >= 15 is 0 Å². The highest BCUT2D eigenvalue weighted by molar-refractivity contribution is 7.17. The molecule has 1 aliphatic rings. The first-order valence-electron chi connectivity index (χ1n) is 10.5. The number of rotatable bonds is 4. The summed E-state index contributed by atoms with van der Waals surface area (Å²) in [6.07, 6.45) is 0.752. The Bertz CT molecular complexity index is 1100. The van der Waals surface area contributed by atoms with Crippen LogP contribution in [0.1, 0.15) is 60.7 Å². The van der Waals surface area contributed by atoms with E-state index in [1.54, 1.807) is 0 Å². The number of nitrogens with one attached hydrogen (secondary N) is 2. The van der Waals surface area contributed by atoms with Crippen LogP contribution in [0, 0.1) is 11.3 Å². The second-order valence-corrected chi connectivity index (χ2v) is 10.3. The minimum absolute atomic E-state index is 0.124. The highest BCUT2D eigenvalue weighted by Crippen LogP contribution is 2.45. The molecule has 2 N–H and O–H groups in total. The predicted octanol–water partition coefficient (Wildman–Crippen LogP) is 5.55. The molecule has 0 unspecified atom stereocenters. The first-order valence-corrected chi connectivity index (χ1v) is 11.3. The lowest BCUT2D eigenvalue weighted by molar-refractivity contribution is -0.116. The van der Waals surface area contributed by atoms with E-state index in [1.807, 2.05) is 60.7 Å². The monoisotopic (exact) mass is 429 g/mol. The van der Waals surface area contributed by atoms with Crippen molar-refractivity contribution in [2.24, 2.45) is 0 Å². The van der Waals surface area contributed by atoms with Crippen molar-refractivity contribution in [2.45, 2.75) is 51.1 Å². The molecular weight excluding hydrogens is 402 g/mol. The molecule has 0 aliphatic carbocycles. The molecule has 0 saturated carbocycles. The minimum atomic E-state index is -0.448. The third-order valence-corrected chi connectivity index (χ3v) is 7.19. The molecule has 5 heteroatoms. The van der Waals surface area contributed by atoms with E-state index in [0.29, 0.717) is 10.6 Å². The van der Waals surface area contributed by atoms with Crippen molar-refractivity contribution in [1.82, 2.24) is 5.32 Å². The predicted molar refractivity (Wildman–Crippen MR) is 126 cm³/mol. The molecule has 0 radical (unpaired) electrons. The third-order valence-electron chi connectivity index (χ3n) is 5.72. The molecule has 0 spiro atoms. The number of hydrogen-bond donors (Lipinski definition) is 2. The lowest BCUT2D eigenvalue weighted by Crippen LogP contribution is -2.54. The average Bonchev–Trinajstić information content (AvgIpc) is 3.06. The van der Waals surface area contributed by atoms with Crippen LogP contribution in [0.15, 0.2) is 60.7 Å². The van der Waals surface area contributed by atoms with E-state index in [9.17, 15) is 10.1 Å². The van der Waals surface area contributed by atoms with Crippen LogP contribution in [-0.2, 0) is 16.8 Å². The first kappa shape index (κ1) is 21.3. The summed E-state index contributed by atoms with van der Waals surface area (Å²) >= 11 is 1.51. The average molecular weight is 430 g/mol. The summed E-state index contributed by atoms with van der Waals surface area (Å²) in [5.74, 6) is -0.576. The Morgan fingerprint density at radius 1 is 1.03 bits per heavy atom. The van der Waals surface area contributed by atoms with Crippen molar-refractivity contribution in [1.29, 1.82) is 5.26 Å². The number of nitrogens with zero attached hydrogens (tertiary/aromatic N) is 1. The Morgan fingerprint density at radius 2 is 1.58 bits per heavy atom. The second-order valence-electron chi connectivity index (χ2n) is 9.28. The van der Waals surface area contributed by atoms with Gasteiger partial charge in [-0.25, -0.2) is 0 Å². The number of hydrogen-bond acceptors (Lipinski definition) is 4. The van der Waals surface area contributed by atoms with E-state index in [2.05, 4.69) is 44.4 Å². The van der Waals surface area contributed by atoms with Gasteiger partial charge in [0.1, 0.15) is 11.1 Å². The molecule has 4 rings (SSSR count).